The summed E-state index contributed by atoms with van der Waals surface area (Å²) in [5.41, 5.74) is 8.64. The van der Waals surface area contributed by atoms with Crippen molar-refractivity contribution in [2.45, 2.75) is 26.8 Å². The predicted molar refractivity (Wildman–Crippen MR) is 57.9 cm³/mol. The number of phenolic OH excluding ortho intramolecular Hbond substituents is 1. The van der Waals surface area contributed by atoms with E-state index in [1.807, 2.05) is 26.8 Å². The van der Waals surface area contributed by atoms with E-state index in [1.54, 1.807) is 0 Å². The topological polar surface area (TPSA) is 46.2 Å². The molecule has 0 amide bonds. The van der Waals surface area contributed by atoms with Gasteiger partial charge in [-0.1, -0.05) is 6.07 Å². The van der Waals surface area contributed by atoms with Gasteiger partial charge in [-0.05, 0) is 53.4 Å². The summed E-state index contributed by atoms with van der Waals surface area (Å²) in [7, 11) is 0. The number of hydrogen-bond acceptors (Lipinski definition) is 2. The highest BCUT2D eigenvalue weighted by molar-refractivity contribution is 9.10. The second kappa shape index (κ2) is 3.68. The van der Waals surface area contributed by atoms with Crippen LogP contribution in [0.2, 0.25) is 0 Å². The average molecular weight is 244 g/mol. The van der Waals surface area contributed by atoms with E-state index < -0.39 is 0 Å². The van der Waals surface area contributed by atoms with Crippen molar-refractivity contribution in [1.29, 1.82) is 0 Å². The van der Waals surface area contributed by atoms with E-state index in [9.17, 15) is 5.11 Å². The molecule has 1 rings (SSSR count). The van der Waals surface area contributed by atoms with E-state index in [4.69, 9.17) is 5.73 Å². The molecule has 2 nitrogen and oxygen atoms in total. The number of rotatable bonds is 1. The molecule has 0 bridgehead atoms. The van der Waals surface area contributed by atoms with Gasteiger partial charge in [0.2, 0.25) is 0 Å². The highest BCUT2D eigenvalue weighted by Gasteiger charge is 2.12. The summed E-state index contributed by atoms with van der Waals surface area (Å²) in [6.07, 6.45) is 0. The number of nitrogens with two attached hydrogens (primary N) is 1. The second-order valence-electron chi connectivity index (χ2n) is 3.36. The number of aromatic hydroxyl groups is 1. The third-order valence-electron chi connectivity index (χ3n) is 2.20. The Hall–Kier alpha value is -0.540. The van der Waals surface area contributed by atoms with Crippen LogP contribution in [-0.4, -0.2) is 5.11 Å². The Balaban J connectivity index is 3.41. The Morgan fingerprint density at radius 3 is 2.46 bits per heavy atom. The van der Waals surface area contributed by atoms with Crippen LogP contribution in [-0.2, 0) is 0 Å². The molecule has 0 aromatic heterocycles. The number of benzene rings is 1. The first kappa shape index (κ1) is 10.5. The molecular weight excluding hydrogens is 230 g/mol. The molecule has 1 atom stereocenters. The van der Waals surface area contributed by atoms with Gasteiger partial charge in [0.05, 0.1) is 4.47 Å². The molecule has 0 aliphatic carbocycles. The van der Waals surface area contributed by atoms with Gasteiger partial charge in [-0.25, -0.2) is 0 Å². The van der Waals surface area contributed by atoms with E-state index in [0.29, 0.717) is 5.75 Å². The Labute approximate surface area is 86.9 Å². The van der Waals surface area contributed by atoms with Gasteiger partial charge in [0.25, 0.3) is 0 Å². The molecule has 0 aliphatic heterocycles. The van der Waals surface area contributed by atoms with Gasteiger partial charge in [-0.15, -0.1) is 0 Å². The summed E-state index contributed by atoms with van der Waals surface area (Å²) in [4.78, 5) is 0. The minimum atomic E-state index is -0.0438. The van der Waals surface area contributed by atoms with Gasteiger partial charge in [0.1, 0.15) is 5.75 Å². The number of hydrogen-bond donors (Lipinski definition) is 2. The van der Waals surface area contributed by atoms with Crippen molar-refractivity contribution in [2.24, 2.45) is 5.73 Å². The molecule has 3 N–H and O–H groups in total. The second-order valence-corrected chi connectivity index (χ2v) is 4.15. The molecule has 0 aliphatic rings. The monoisotopic (exact) mass is 243 g/mol. The molecule has 72 valence electrons. The Kier molecular flexibility index (Phi) is 2.98. The quantitative estimate of drug-likeness (QED) is 0.797. The molecule has 0 fully saturated rings. The molecule has 13 heavy (non-hydrogen) atoms. The summed E-state index contributed by atoms with van der Waals surface area (Å²) in [5, 5.41) is 9.71. The van der Waals surface area contributed by atoms with E-state index in [-0.39, 0.29) is 6.04 Å². The molecule has 1 aromatic carbocycles. The van der Waals surface area contributed by atoms with Crippen LogP contribution >= 0.6 is 15.9 Å². The van der Waals surface area contributed by atoms with E-state index in [2.05, 4.69) is 15.9 Å². The minimum absolute atomic E-state index is 0.0438. The predicted octanol–water partition coefficient (Wildman–Crippen LogP) is 2.79. The summed E-state index contributed by atoms with van der Waals surface area (Å²) >= 11 is 3.32. The normalized spacial score (nSPS) is 13.0. The summed E-state index contributed by atoms with van der Waals surface area (Å²) in [6, 6.07) is 1.96. The lowest BCUT2D eigenvalue weighted by molar-refractivity contribution is 0.465. The zero-order valence-electron chi connectivity index (χ0n) is 8.06. The zero-order valence-corrected chi connectivity index (χ0v) is 9.64. The first-order valence-electron chi connectivity index (χ1n) is 4.19. The van der Waals surface area contributed by atoms with Gasteiger partial charge in [-0.2, -0.15) is 0 Å². The van der Waals surface area contributed by atoms with Gasteiger partial charge < -0.3 is 10.8 Å². The van der Waals surface area contributed by atoms with Crippen molar-refractivity contribution in [2.75, 3.05) is 0 Å². The van der Waals surface area contributed by atoms with Crippen LogP contribution in [0.1, 0.15) is 29.7 Å². The lowest BCUT2D eigenvalue weighted by atomic mass is 9.99. The molecule has 0 heterocycles. The largest absolute Gasteiger partial charge is 0.506 e. The van der Waals surface area contributed by atoms with Crippen molar-refractivity contribution in [3.8, 4) is 5.75 Å². The van der Waals surface area contributed by atoms with Crippen LogP contribution in [0, 0.1) is 13.8 Å². The number of aryl methyl sites for hydroxylation is 1. The minimum Gasteiger partial charge on any atom is -0.506 e. The Bertz CT molecular complexity index is 334. The van der Waals surface area contributed by atoms with Crippen LogP contribution in [0.4, 0.5) is 0 Å². The molecule has 1 aromatic rings. The standard InChI is InChI=1S/C10H14BrNO/c1-5-4-8(7(3)12)6(2)10(13)9(5)11/h4,7,13H,12H2,1-3H3. The summed E-state index contributed by atoms with van der Waals surface area (Å²) < 4.78 is 0.759. The maximum absolute atomic E-state index is 9.71. The lowest BCUT2D eigenvalue weighted by Gasteiger charge is -2.14. The SMILES string of the molecule is Cc1cc(C(C)N)c(C)c(O)c1Br. The van der Waals surface area contributed by atoms with Gasteiger partial charge in [0, 0.05) is 6.04 Å². The van der Waals surface area contributed by atoms with E-state index in [1.165, 1.54) is 0 Å². The van der Waals surface area contributed by atoms with Crippen molar-refractivity contribution < 1.29 is 5.11 Å². The maximum atomic E-state index is 9.71. The zero-order chi connectivity index (χ0) is 10.2. The third-order valence-corrected chi connectivity index (χ3v) is 3.21. The molecular formula is C10H14BrNO. The first-order chi connectivity index (χ1) is 5.95. The van der Waals surface area contributed by atoms with Crippen molar-refractivity contribution >= 4 is 15.9 Å². The fourth-order valence-electron chi connectivity index (χ4n) is 1.37. The molecule has 3 heteroatoms. The average Bonchev–Trinajstić information content (AvgIpc) is 2.07. The van der Waals surface area contributed by atoms with Gasteiger partial charge >= 0.3 is 0 Å². The van der Waals surface area contributed by atoms with Gasteiger partial charge in [0.15, 0.2) is 0 Å². The molecule has 1 unspecified atom stereocenters. The smallest absolute Gasteiger partial charge is 0.133 e. The van der Waals surface area contributed by atoms with Crippen molar-refractivity contribution in [3.63, 3.8) is 0 Å². The number of phenols is 1. The molecule has 0 radical (unpaired) electrons. The fourth-order valence-corrected chi connectivity index (χ4v) is 1.78. The van der Waals surface area contributed by atoms with E-state index in [0.717, 1.165) is 21.2 Å². The molecule has 0 saturated heterocycles. The highest BCUT2D eigenvalue weighted by Crippen LogP contribution is 2.34. The van der Waals surface area contributed by atoms with Crippen LogP contribution < -0.4 is 5.73 Å². The van der Waals surface area contributed by atoms with E-state index >= 15 is 0 Å². The Morgan fingerprint density at radius 1 is 1.46 bits per heavy atom. The van der Waals surface area contributed by atoms with Crippen LogP contribution in [0.3, 0.4) is 0 Å². The summed E-state index contributed by atoms with van der Waals surface area (Å²) in [6.45, 7) is 5.72. The third kappa shape index (κ3) is 1.86. The van der Waals surface area contributed by atoms with Crippen LogP contribution in [0.5, 0.6) is 5.75 Å². The highest BCUT2D eigenvalue weighted by atomic mass is 79.9. The maximum Gasteiger partial charge on any atom is 0.133 e. The van der Waals surface area contributed by atoms with Crippen molar-refractivity contribution in [3.05, 3.63) is 27.2 Å². The summed E-state index contributed by atoms with van der Waals surface area (Å²) in [5.74, 6) is 0.298. The lowest BCUT2D eigenvalue weighted by Crippen LogP contribution is -2.07. The molecule has 0 spiro atoms. The Morgan fingerprint density at radius 2 is 2.00 bits per heavy atom. The first-order valence-corrected chi connectivity index (χ1v) is 4.98. The fraction of sp³-hybridized carbons (Fsp3) is 0.400. The number of halogens is 1. The molecule has 0 saturated carbocycles. The van der Waals surface area contributed by atoms with Crippen molar-refractivity contribution in [1.82, 2.24) is 0 Å². The van der Waals surface area contributed by atoms with Crippen LogP contribution in [0.15, 0.2) is 10.5 Å². The van der Waals surface area contributed by atoms with Crippen LogP contribution in [0.25, 0.3) is 0 Å². The van der Waals surface area contributed by atoms with Gasteiger partial charge in [-0.3, -0.25) is 0 Å².